The van der Waals surface area contributed by atoms with Crippen LogP contribution in [0.15, 0.2) is 40.9 Å². The normalized spacial score (nSPS) is 20.5. The molecule has 1 aromatic carbocycles. The average molecular weight is 347 g/mol. The first kappa shape index (κ1) is 16.5. The summed E-state index contributed by atoms with van der Waals surface area (Å²) < 4.78 is 18.4. The number of carbonyl (C=O) groups excluding carboxylic acids is 1. The van der Waals surface area contributed by atoms with Crippen LogP contribution >= 0.6 is 11.6 Å². The minimum atomic E-state index is -0.653. The Hall–Kier alpha value is -2.32. The van der Waals surface area contributed by atoms with Gasteiger partial charge in [0.1, 0.15) is 5.82 Å². The molecular formula is C18H16ClFN2O2. The molecule has 124 valence electrons. The summed E-state index contributed by atoms with van der Waals surface area (Å²) >= 11 is 6.23. The van der Waals surface area contributed by atoms with Crippen LogP contribution in [0.3, 0.4) is 0 Å². The number of hydrogen-bond donors (Lipinski definition) is 1. The molecule has 1 aliphatic heterocycles. The molecule has 1 aromatic rings. The van der Waals surface area contributed by atoms with Crippen LogP contribution in [0.1, 0.15) is 31.2 Å². The van der Waals surface area contributed by atoms with Crippen molar-refractivity contribution in [3.05, 3.63) is 68.7 Å². The molecule has 4 nitrogen and oxygen atoms in total. The SMILES string of the molecule is [C-]#[N+]C1=C(C)NC(C2CC2)=C(C(=O)OC)C1c1ccc(F)cc1Cl. The molecule has 1 aliphatic carbocycles. The molecule has 24 heavy (non-hydrogen) atoms. The summed E-state index contributed by atoms with van der Waals surface area (Å²) in [6, 6.07) is 4.01. The monoisotopic (exact) mass is 346 g/mol. The van der Waals surface area contributed by atoms with Gasteiger partial charge in [0.2, 0.25) is 0 Å². The lowest BCUT2D eigenvalue weighted by molar-refractivity contribution is -0.136. The molecule has 0 spiro atoms. The lowest BCUT2D eigenvalue weighted by atomic mass is 9.83. The molecule has 6 heteroatoms. The van der Waals surface area contributed by atoms with Gasteiger partial charge in [-0.1, -0.05) is 17.7 Å². The van der Waals surface area contributed by atoms with Gasteiger partial charge in [0, 0.05) is 16.4 Å². The number of hydrogen-bond acceptors (Lipinski definition) is 3. The molecule has 0 bridgehead atoms. The van der Waals surface area contributed by atoms with Gasteiger partial charge in [0.05, 0.1) is 25.2 Å². The Morgan fingerprint density at radius 1 is 1.46 bits per heavy atom. The number of halogens is 2. The largest absolute Gasteiger partial charge is 0.466 e. The molecule has 1 unspecified atom stereocenters. The highest BCUT2D eigenvalue weighted by molar-refractivity contribution is 6.31. The van der Waals surface area contributed by atoms with Crippen molar-refractivity contribution in [1.29, 1.82) is 0 Å². The van der Waals surface area contributed by atoms with E-state index in [1.54, 1.807) is 6.92 Å². The van der Waals surface area contributed by atoms with Crippen molar-refractivity contribution < 1.29 is 13.9 Å². The second-order valence-electron chi connectivity index (χ2n) is 5.94. The topological polar surface area (TPSA) is 42.7 Å². The van der Waals surface area contributed by atoms with Gasteiger partial charge in [-0.05, 0) is 43.4 Å². The third kappa shape index (κ3) is 2.78. The van der Waals surface area contributed by atoms with Crippen LogP contribution < -0.4 is 5.32 Å². The van der Waals surface area contributed by atoms with Crippen LogP contribution in [0.5, 0.6) is 0 Å². The number of nitrogens with one attached hydrogen (secondary N) is 1. The first-order chi connectivity index (χ1) is 11.5. The van der Waals surface area contributed by atoms with Gasteiger partial charge in [0.25, 0.3) is 0 Å². The van der Waals surface area contributed by atoms with E-state index < -0.39 is 17.7 Å². The fourth-order valence-corrected chi connectivity index (χ4v) is 3.34. The smallest absolute Gasteiger partial charge is 0.335 e. The molecule has 2 aliphatic rings. The number of rotatable bonds is 3. The summed E-state index contributed by atoms with van der Waals surface area (Å²) in [4.78, 5) is 16.1. The number of ether oxygens (including phenoxy) is 1. The number of nitrogens with zero attached hydrogens (tertiary/aromatic N) is 1. The minimum absolute atomic E-state index is 0.187. The van der Waals surface area contributed by atoms with Crippen molar-refractivity contribution in [3.8, 4) is 0 Å². The van der Waals surface area contributed by atoms with Crippen molar-refractivity contribution in [2.75, 3.05) is 7.11 Å². The minimum Gasteiger partial charge on any atom is -0.466 e. The van der Waals surface area contributed by atoms with Crippen LogP contribution in [0.2, 0.25) is 5.02 Å². The lowest BCUT2D eigenvalue weighted by Gasteiger charge is -2.30. The van der Waals surface area contributed by atoms with Gasteiger partial charge < -0.3 is 10.1 Å². The van der Waals surface area contributed by atoms with Gasteiger partial charge in [-0.2, -0.15) is 0 Å². The average Bonchev–Trinajstić information content (AvgIpc) is 3.38. The van der Waals surface area contributed by atoms with Crippen LogP contribution in [0.25, 0.3) is 4.85 Å². The number of carbonyl (C=O) groups is 1. The van der Waals surface area contributed by atoms with Crippen molar-refractivity contribution in [1.82, 2.24) is 5.32 Å². The fourth-order valence-electron chi connectivity index (χ4n) is 3.06. The van der Waals surface area contributed by atoms with E-state index in [9.17, 15) is 9.18 Å². The van der Waals surface area contributed by atoms with Crippen LogP contribution in [0.4, 0.5) is 4.39 Å². The summed E-state index contributed by atoms with van der Waals surface area (Å²) in [7, 11) is 1.31. The maximum Gasteiger partial charge on any atom is 0.335 e. The molecular weight excluding hydrogens is 331 g/mol. The van der Waals surface area contributed by atoms with Gasteiger partial charge in [0.15, 0.2) is 5.70 Å². The molecule has 1 heterocycles. The van der Waals surface area contributed by atoms with Gasteiger partial charge in [-0.15, -0.1) is 0 Å². The Bertz CT molecular complexity index is 819. The zero-order valence-electron chi connectivity index (χ0n) is 13.3. The standard InChI is InChI=1S/C18H16ClFN2O2/c1-9-16(21-2)14(12-7-6-11(20)8-13(12)19)15(18(23)24-3)17(22-9)10-4-5-10/h6-8,10,14,22H,4-5H2,1,3H3. The van der Waals surface area contributed by atoms with E-state index in [1.165, 1.54) is 25.3 Å². The Morgan fingerprint density at radius 2 is 2.17 bits per heavy atom. The molecule has 1 fully saturated rings. The Balaban J connectivity index is 2.24. The molecule has 0 amide bonds. The highest BCUT2D eigenvalue weighted by Gasteiger charge is 2.41. The van der Waals surface area contributed by atoms with Crippen molar-refractivity contribution in [2.45, 2.75) is 25.7 Å². The summed E-state index contributed by atoms with van der Waals surface area (Å²) in [5.74, 6) is -1.36. The summed E-state index contributed by atoms with van der Waals surface area (Å²) in [6.07, 6.45) is 1.96. The molecule has 0 saturated heterocycles. The first-order valence-corrected chi connectivity index (χ1v) is 7.98. The van der Waals surface area contributed by atoms with Crippen molar-refractivity contribution in [2.24, 2.45) is 5.92 Å². The lowest BCUT2D eigenvalue weighted by Crippen LogP contribution is -2.30. The quantitative estimate of drug-likeness (QED) is 0.660. The Labute approximate surface area is 144 Å². The van der Waals surface area contributed by atoms with Crippen LogP contribution in [0, 0.1) is 18.3 Å². The zero-order chi connectivity index (χ0) is 17.4. The van der Waals surface area contributed by atoms with Crippen molar-refractivity contribution >= 4 is 17.6 Å². The van der Waals surface area contributed by atoms with E-state index in [-0.39, 0.29) is 10.9 Å². The number of dihydropyridines is 1. The second-order valence-corrected chi connectivity index (χ2v) is 6.35. The van der Waals surface area contributed by atoms with Crippen molar-refractivity contribution in [3.63, 3.8) is 0 Å². The van der Waals surface area contributed by atoms with E-state index in [4.69, 9.17) is 22.9 Å². The third-order valence-electron chi connectivity index (χ3n) is 4.34. The van der Waals surface area contributed by atoms with Gasteiger partial charge >= 0.3 is 5.97 Å². The molecule has 1 saturated carbocycles. The van der Waals surface area contributed by atoms with E-state index in [2.05, 4.69) is 10.2 Å². The predicted octanol–water partition coefficient (Wildman–Crippen LogP) is 4.15. The molecule has 0 radical (unpaired) electrons. The third-order valence-corrected chi connectivity index (χ3v) is 4.67. The van der Waals surface area contributed by atoms with Gasteiger partial charge in [-0.3, -0.25) is 0 Å². The van der Waals surface area contributed by atoms with E-state index in [0.29, 0.717) is 22.5 Å². The van der Waals surface area contributed by atoms with E-state index >= 15 is 0 Å². The summed E-state index contributed by atoms with van der Waals surface area (Å²) in [5.41, 5.74) is 2.77. The van der Waals surface area contributed by atoms with E-state index in [0.717, 1.165) is 18.5 Å². The maximum absolute atomic E-state index is 13.4. The second kappa shape index (κ2) is 6.29. The Morgan fingerprint density at radius 3 is 2.71 bits per heavy atom. The number of benzene rings is 1. The maximum atomic E-state index is 13.4. The zero-order valence-corrected chi connectivity index (χ0v) is 14.1. The molecule has 1 atom stereocenters. The summed E-state index contributed by atoms with van der Waals surface area (Å²) in [5, 5.41) is 3.39. The highest BCUT2D eigenvalue weighted by atomic mass is 35.5. The van der Waals surface area contributed by atoms with Gasteiger partial charge in [-0.25, -0.2) is 14.0 Å². The predicted molar refractivity (Wildman–Crippen MR) is 88.4 cm³/mol. The molecule has 1 N–H and O–H groups in total. The number of allylic oxidation sites excluding steroid dienone is 3. The molecule has 0 aromatic heterocycles. The first-order valence-electron chi connectivity index (χ1n) is 7.60. The van der Waals surface area contributed by atoms with Crippen LogP contribution in [-0.4, -0.2) is 13.1 Å². The fraction of sp³-hybridized carbons (Fsp3) is 0.333. The molecule has 3 rings (SSSR count). The highest BCUT2D eigenvalue weighted by Crippen LogP contribution is 2.47. The summed E-state index contributed by atoms with van der Waals surface area (Å²) in [6.45, 7) is 9.33. The number of methoxy groups -OCH3 is 1. The van der Waals surface area contributed by atoms with Crippen LogP contribution in [-0.2, 0) is 9.53 Å². The number of esters is 1. The van der Waals surface area contributed by atoms with E-state index in [1.807, 2.05) is 0 Å². The Kier molecular flexibility index (Phi) is 4.33.